The van der Waals surface area contributed by atoms with Gasteiger partial charge in [-0.2, -0.15) is 0 Å². The lowest BCUT2D eigenvalue weighted by molar-refractivity contribution is 0.162. The Labute approximate surface area is 183 Å². The molecule has 1 aliphatic heterocycles. The fourth-order valence-electron chi connectivity index (χ4n) is 5.39. The standard InChI is InChI=1S/C26H42N2S/c1-6-23(25(3,4)5)28-18-15-26(16-19-28,24-11-8-20-29-24)14-17-27-22-10-7-9-21(2)12-13-22/h6,8,11,20-21H,7,9-10,12-19H2,1-5H3/b23-6+,27-22?. The van der Waals surface area contributed by atoms with Gasteiger partial charge in [0.25, 0.3) is 0 Å². The molecule has 1 atom stereocenters. The van der Waals surface area contributed by atoms with Crippen LogP contribution in [-0.4, -0.2) is 30.2 Å². The zero-order valence-electron chi connectivity index (χ0n) is 19.5. The van der Waals surface area contributed by atoms with Gasteiger partial charge in [-0.25, -0.2) is 0 Å². The van der Waals surface area contributed by atoms with Crippen molar-refractivity contribution in [3.63, 3.8) is 0 Å². The minimum absolute atomic E-state index is 0.223. The minimum atomic E-state index is 0.223. The minimum Gasteiger partial charge on any atom is -0.375 e. The SMILES string of the molecule is C/C=C(/N1CCC(CCN=C2CCCC(C)CC2)(c2cccs2)CC1)C(C)(C)C. The van der Waals surface area contributed by atoms with E-state index in [9.17, 15) is 0 Å². The molecule has 0 amide bonds. The molecule has 1 aromatic heterocycles. The van der Waals surface area contributed by atoms with Crippen LogP contribution in [0.25, 0.3) is 0 Å². The molecule has 1 unspecified atom stereocenters. The van der Waals surface area contributed by atoms with E-state index in [0.717, 1.165) is 12.5 Å². The Hall–Kier alpha value is -1.09. The van der Waals surface area contributed by atoms with Crippen LogP contribution in [0.1, 0.15) is 90.9 Å². The molecule has 0 aromatic carbocycles. The third-order valence-electron chi connectivity index (χ3n) is 7.16. The summed E-state index contributed by atoms with van der Waals surface area (Å²) >= 11 is 1.96. The molecule has 162 valence electrons. The summed E-state index contributed by atoms with van der Waals surface area (Å²) in [7, 11) is 0. The van der Waals surface area contributed by atoms with Gasteiger partial charge in [-0.15, -0.1) is 11.3 Å². The first-order valence-corrected chi connectivity index (χ1v) is 12.7. The predicted molar refractivity (Wildman–Crippen MR) is 129 cm³/mol. The van der Waals surface area contributed by atoms with E-state index in [4.69, 9.17) is 4.99 Å². The van der Waals surface area contributed by atoms with Crippen LogP contribution >= 0.6 is 11.3 Å². The molecule has 0 spiro atoms. The van der Waals surface area contributed by atoms with Gasteiger partial charge < -0.3 is 4.90 Å². The molecule has 3 rings (SSSR count). The van der Waals surface area contributed by atoms with Crippen molar-refractivity contribution in [1.29, 1.82) is 0 Å². The Balaban J connectivity index is 1.67. The van der Waals surface area contributed by atoms with Gasteiger partial charge in [0, 0.05) is 46.8 Å². The van der Waals surface area contributed by atoms with E-state index in [1.165, 1.54) is 75.9 Å². The van der Waals surface area contributed by atoms with E-state index in [0.29, 0.717) is 5.41 Å². The number of likely N-dealkylation sites (tertiary alicyclic amines) is 1. The van der Waals surface area contributed by atoms with Crippen LogP contribution in [-0.2, 0) is 5.41 Å². The maximum atomic E-state index is 5.13. The van der Waals surface area contributed by atoms with Crippen molar-refractivity contribution in [2.75, 3.05) is 19.6 Å². The fraction of sp³-hybridized carbons (Fsp3) is 0.731. The highest BCUT2D eigenvalue weighted by Gasteiger charge is 2.38. The topological polar surface area (TPSA) is 15.6 Å². The van der Waals surface area contributed by atoms with Crippen molar-refractivity contribution < 1.29 is 0 Å². The molecule has 3 heteroatoms. The molecule has 1 aliphatic carbocycles. The van der Waals surface area contributed by atoms with Crippen LogP contribution in [0.3, 0.4) is 0 Å². The number of piperidine rings is 1. The summed E-state index contributed by atoms with van der Waals surface area (Å²) < 4.78 is 0. The number of nitrogens with zero attached hydrogens (tertiary/aromatic N) is 2. The number of thiophene rings is 1. The molecule has 29 heavy (non-hydrogen) atoms. The summed E-state index contributed by atoms with van der Waals surface area (Å²) in [5.41, 5.74) is 3.55. The Morgan fingerprint density at radius 2 is 2.00 bits per heavy atom. The molecular weight excluding hydrogens is 372 g/mol. The van der Waals surface area contributed by atoms with E-state index in [1.54, 1.807) is 4.88 Å². The van der Waals surface area contributed by atoms with Crippen molar-refractivity contribution in [2.24, 2.45) is 16.3 Å². The molecule has 1 aromatic rings. The number of hydrogen-bond donors (Lipinski definition) is 0. The number of hydrogen-bond acceptors (Lipinski definition) is 3. The van der Waals surface area contributed by atoms with Crippen molar-refractivity contribution in [2.45, 2.75) is 91.4 Å². The first kappa shape index (κ1) is 22.6. The highest BCUT2D eigenvalue weighted by atomic mass is 32.1. The normalized spacial score (nSPS) is 25.3. The number of aliphatic imine (C=N–C) groups is 1. The van der Waals surface area contributed by atoms with Gasteiger partial charge in [0.2, 0.25) is 0 Å². The highest BCUT2D eigenvalue weighted by Crippen LogP contribution is 2.43. The van der Waals surface area contributed by atoms with E-state index in [2.05, 4.69) is 63.1 Å². The van der Waals surface area contributed by atoms with Crippen LogP contribution in [0.2, 0.25) is 0 Å². The quantitative estimate of drug-likeness (QED) is 0.456. The number of allylic oxidation sites excluding steroid dienone is 2. The molecule has 2 aliphatic rings. The van der Waals surface area contributed by atoms with Gasteiger partial charge >= 0.3 is 0 Å². The summed E-state index contributed by atoms with van der Waals surface area (Å²) in [4.78, 5) is 9.36. The summed E-state index contributed by atoms with van der Waals surface area (Å²) in [6.07, 6.45) is 12.6. The molecule has 1 saturated heterocycles. The maximum Gasteiger partial charge on any atom is 0.0397 e. The Kier molecular flexibility index (Phi) is 7.64. The average molecular weight is 415 g/mol. The Bertz CT molecular complexity index is 685. The molecule has 0 bridgehead atoms. The molecule has 2 fully saturated rings. The second kappa shape index (κ2) is 9.81. The zero-order chi connectivity index (χ0) is 20.9. The monoisotopic (exact) mass is 414 g/mol. The van der Waals surface area contributed by atoms with Gasteiger partial charge in [0.1, 0.15) is 0 Å². The summed E-state index contributed by atoms with van der Waals surface area (Å²) in [6, 6.07) is 4.61. The maximum absolute atomic E-state index is 5.13. The van der Waals surface area contributed by atoms with Gasteiger partial charge in [-0.1, -0.05) is 46.3 Å². The van der Waals surface area contributed by atoms with Crippen LogP contribution in [0.5, 0.6) is 0 Å². The Morgan fingerprint density at radius 3 is 2.62 bits per heavy atom. The lowest BCUT2D eigenvalue weighted by atomic mass is 9.73. The zero-order valence-corrected chi connectivity index (χ0v) is 20.3. The Morgan fingerprint density at radius 1 is 1.24 bits per heavy atom. The van der Waals surface area contributed by atoms with Crippen LogP contribution < -0.4 is 0 Å². The largest absolute Gasteiger partial charge is 0.375 e. The first-order chi connectivity index (χ1) is 13.8. The summed E-state index contributed by atoms with van der Waals surface area (Å²) in [6.45, 7) is 15.0. The lowest BCUT2D eigenvalue weighted by Crippen LogP contribution is -2.44. The van der Waals surface area contributed by atoms with Crippen LogP contribution in [0, 0.1) is 11.3 Å². The molecule has 0 radical (unpaired) electrons. The average Bonchev–Trinajstić information content (AvgIpc) is 3.14. The second-order valence-electron chi connectivity index (χ2n) is 10.4. The van der Waals surface area contributed by atoms with Crippen molar-refractivity contribution in [1.82, 2.24) is 4.90 Å². The van der Waals surface area contributed by atoms with E-state index in [-0.39, 0.29) is 5.41 Å². The molecule has 2 heterocycles. The van der Waals surface area contributed by atoms with E-state index < -0.39 is 0 Å². The van der Waals surface area contributed by atoms with E-state index >= 15 is 0 Å². The van der Waals surface area contributed by atoms with Gasteiger partial charge in [0.15, 0.2) is 0 Å². The van der Waals surface area contributed by atoms with Crippen LogP contribution in [0.15, 0.2) is 34.3 Å². The van der Waals surface area contributed by atoms with Crippen LogP contribution in [0.4, 0.5) is 0 Å². The first-order valence-electron chi connectivity index (χ1n) is 11.8. The van der Waals surface area contributed by atoms with Gasteiger partial charge in [0.05, 0.1) is 0 Å². The van der Waals surface area contributed by atoms with E-state index in [1.807, 2.05) is 11.3 Å². The third kappa shape index (κ3) is 5.75. The predicted octanol–water partition coefficient (Wildman–Crippen LogP) is 7.46. The molecular formula is C26H42N2S. The second-order valence-corrected chi connectivity index (χ2v) is 11.4. The van der Waals surface area contributed by atoms with Crippen molar-refractivity contribution >= 4 is 17.0 Å². The van der Waals surface area contributed by atoms with Gasteiger partial charge in [-0.3, -0.25) is 4.99 Å². The van der Waals surface area contributed by atoms with Crippen molar-refractivity contribution in [3.05, 3.63) is 34.2 Å². The summed E-state index contributed by atoms with van der Waals surface area (Å²) in [5, 5.41) is 2.26. The fourth-order valence-corrected chi connectivity index (χ4v) is 6.41. The third-order valence-corrected chi connectivity index (χ3v) is 8.28. The number of rotatable bonds is 5. The molecule has 0 N–H and O–H groups in total. The van der Waals surface area contributed by atoms with Crippen molar-refractivity contribution in [3.8, 4) is 0 Å². The highest BCUT2D eigenvalue weighted by molar-refractivity contribution is 7.10. The molecule has 2 nitrogen and oxygen atoms in total. The molecule has 1 saturated carbocycles. The summed E-state index contributed by atoms with van der Waals surface area (Å²) in [5.74, 6) is 0.883. The van der Waals surface area contributed by atoms with Gasteiger partial charge in [-0.05, 0) is 69.2 Å². The lowest BCUT2D eigenvalue weighted by Gasteiger charge is -2.45. The smallest absolute Gasteiger partial charge is 0.0397 e.